The molecule has 0 aliphatic heterocycles. The molecule has 0 fully saturated rings. The van der Waals surface area contributed by atoms with Crippen molar-refractivity contribution in [2.45, 2.75) is 12.8 Å². The fourth-order valence-electron chi connectivity index (χ4n) is 2.71. The van der Waals surface area contributed by atoms with Crippen molar-refractivity contribution in [3.8, 4) is 0 Å². The number of carbonyl (C=O) groups is 2. The molecule has 0 saturated heterocycles. The number of nitrogens with one attached hydrogen (secondary N) is 1. The molecule has 0 radical (unpaired) electrons. The van der Waals surface area contributed by atoms with E-state index in [-0.39, 0.29) is 11.8 Å². The maximum atomic E-state index is 12.7. The van der Waals surface area contributed by atoms with Crippen LogP contribution in [0, 0.1) is 0 Å². The average molecular weight is 360 g/mol. The molecular weight excluding hydrogens is 340 g/mol. The van der Waals surface area contributed by atoms with Crippen molar-refractivity contribution < 1.29 is 14.3 Å². The lowest BCUT2D eigenvalue weighted by molar-refractivity contribution is 0.0600. The summed E-state index contributed by atoms with van der Waals surface area (Å²) in [5.74, 6) is 0.193. The van der Waals surface area contributed by atoms with Crippen LogP contribution in [0.15, 0.2) is 72.9 Å². The molecule has 0 bridgehead atoms. The van der Waals surface area contributed by atoms with Crippen LogP contribution in [0.4, 0.5) is 11.5 Å². The van der Waals surface area contributed by atoms with E-state index in [1.807, 2.05) is 42.5 Å². The van der Waals surface area contributed by atoms with E-state index in [2.05, 4.69) is 15.0 Å². The maximum Gasteiger partial charge on any atom is 0.337 e. The Kier molecular flexibility index (Phi) is 5.94. The second kappa shape index (κ2) is 8.76. The highest BCUT2D eigenvalue weighted by Gasteiger charge is 2.13. The normalized spacial score (nSPS) is 10.3. The quantitative estimate of drug-likeness (QED) is 0.499. The third-order valence-electron chi connectivity index (χ3n) is 4.16. The molecule has 136 valence electrons. The summed E-state index contributed by atoms with van der Waals surface area (Å²) in [5.41, 5.74) is 2.92. The zero-order valence-corrected chi connectivity index (χ0v) is 15.0. The first kappa shape index (κ1) is 18.3. The van der Waals surface area contributed by atoms with Gasteiger partial charge in [-0.1, -0.05) is 30.3 Å². The highest BCUT2D eigenvalue weighted by atomic mass is 16.5. The standard InChI is InChI=1S/C22H20N2O3/c1-27-22(26)17-12-9-16(10-13-17)11-14-20(25)19-8-5-15-23-21(19)24-18-6-3-2-4-7-18/h2-10,12-13,15H,11,14H2,1H3,(H,23,24). The van der Waals surface area contributed by atoms with Crippen LogP contribution in [0.2, 0.25) is 0 Å². The van der Waals surface area contributed by atoms with Crippen molar-refractivity contribution in [1.82, 2.24) is 4.98 Å². The minimum absolute atomic E-state index is 0.0126. The number of methoxy groups -OCH3 is 1. The summed E-state index contributed by atoms with van der Waals surface area (Å²) in [7, 11) is 1.35. The summed E-state index contributed by atoms with van der Waals surface area (Å²) in [6.07, 6.45) is 2.60. The first-order valence-electron chi connectivity index (χ1n) is 8.65. The molecule has 0 unspecified atom stereocenters. The van der Waals surface area contributed by atoms with E-state index in [1.165, 1.54) is 7.11 Å². The number of anilines is 2. The molecular formula is C22H20N2O3. The Morgan fingerprint density at radius 1 is 0.963 bits per heavy atom. The van der Waals surface area contributed by atoms with E-state index in [0.717, 1.165) is 11.3 Å². The minimum Gasteiger partial charge on any atom is -0.465 e. The first-order valence-corrected chi connectivity index (χ1v) is 8.65. The molecule has 1 N–H and O–H groups in total. The monoisotopic (exact) mass is 360 g/mol. The van der Waals surface area contributed by atoms with Gasteiger partial charge in [0.05, 0.1) is 18.2 Å². The van der Waals surface area contributed by atoms with Gasteiger partial charge in [0.25, 0.3) is 0 Å². The number of hydrogen-bond acceptors (Lipinski definition) is 5. The molecule has 27 heavy (non-hydrogen) atoms. The topological polar surface area (TPSA) is 68.3 Å². The van der Waals surface area contributed by atoms with Gasteiger partial charge in [-0.05, 0) is 48.4 Å². The van der Waals surface area contributed by atoms with Crippen molar-refractivity contribution in [2.24, 2.45) is 0 Å². The fourth-order valence-corrected chi connectivity index (χ4v) is 2.71. The summed E-state index contributed by atoms with van der Waals surface area (Å²) >= 11 is 0. The summed E-state index contributed by atoms with van der Waals surface area (Å²) in [6.45, 7) is 0. The number of benzene rings is 2. The van der Waals surface area contributed by atoms with E-state index >= 15 is 0 Å². The summed E-state index contributed by atoms with van der Waals surface area (Å²) in [4.78, 5) is 28.5. The van der Waals surface area contributed by atoms with Crippen LogP contribution in [0.25, 0.3) is 0 Å². The second-order valence-electron chi connectivity index (χ2n) is 6.00. The number of ketones is 1. The zero-order chi connectivity index (χ0) is 19.1. The van der Waals surface area contributed by atoms with Crippen molar-refractivity contribution in [2.75, 3.05) is 12.4 Å². The third kappa shape index (κ3) is 4.79. The molecule has 3 aromatic rings. The predicted octanol–water partition coefficient (Wildman–Crippen LogP) is 4.43. The van der Waals surface area contributed by atoms with Gasteiger partial charge in [0.1, 0.15) is 5.82 Å². The largest absolute Gasteiger partial charge is 0.465 e. The van der Waals surface area contributed by atoms with Crippen molar-refractivity contribution >= 4 is 23.3 Å². The van der Waals surface area contributed by atoms with E-state index < -0.39 is 0 Å². The Balaban J connectivity index is 1.67. The zero-order valence-electron chi connectivity index (χ0n) is 15.0. The lowest BCUT2D eigenvalue weighted by Gasteiger charge is -2.10. The van der Waals surface area contributed by atoms with Crippen molar-refractivity contribution in [3.63, 3.8) is 0 Å². The Bertz CT molecular complexity index is 922. The molecule has 0 aliphatic carbocycles. The van der Waals surface area contributed by atoms with Gasteiger partial charge in [0, 0.05) is 18.3 Å². The van der Waals surface area contributed by atoms with Gasteiger partial charge < -0.3 is 10.1 Å². The van der Waals surface area contributed by atoms with E-state index in [9.17, 15) is 9.59 Å². The number of aryl methyl sites for hydroxylation is 1. The molecule has 0 atom stereocenters. The van der Waals surface area contributed by atoms with Gasteiger partial charge in [-0.2, -0.15) is 0 Å². The van der Waals surface area contributed by atoms with Crippen molar-refractivity contribution in [1.29, 1.82) is 0 Å². The van der Waals surface area contributed by atoms with E-state index in [4.69, 9.17) is 0 Å². The Labute approximate surface area is 158 Å². The van der Waals surface area contributed by atoms with Gasteiger partial charge in [-0.25, -0.2) is 9.78 Å². The number of aromatic nitrogens is 1. The molecule has 0 aliphatic rings. The number of hydrogen-bond donors (Lipinski definition) is 1. The minimum atomic E-state index is -0.371. The SMILES string of the molecule is COC(=O)c1ccc(CCC(=O)c2cccnc2Nc2ccccc2)cc1. The van der Waals surface area contributed by atoms with Crippen LogP contribution in [-0.2, 0) is 11.2 Å². The third-order valence-corrected chi connectivity index (χ3v) is 4.16. The van der Waals surface area contributed by atoms with Gasteiger partial charge in [0.2, 0.25) is 0 Å². The van der Waals surface area contributed by atoms with Crippen LogP contribution >= 0.6 is 0 Å². The van der Waals surface area contributed by atoms with Crippen LogP contribution in [0.3, 0.4) is 0 Å². The molecule has 0 amide bonds. The fraction of sp³-hybridized carbons (Fsp3) is 0.136. The summed E-state index contributed by atoms with van der Waals surface area (Å²) < 4.78 is 4.69. The number of carbonyl (C=O) groups excluding carboxylic acids is 2. The van der Waals surface area contributed by atoms with E-state index in [0.29, 0.717) is 29.8 Å². The summed E-state index contributed by atoms with van der Waals surface area (Å²) in [5, 5.41) is 3.19. The highest BCUT2D eigenvalue weighted by Crippen LogP contribution is 2.20. The lowest BCUT2D eigenvalue weighted by Crippen LogP contribution is -2.07. The molecule has 3 rings (SSSR count). The number of Topliss-reactive ketones (excluding diaryl/α,β-unsaturated/α-hetero) is 1. The molecule has 5 heteroatoms. The van der Waals surface area contributed by atoms with Gasteiger partial charge in [0.15, 0.2) is 5.78 Å². The number of para-hydroxylation sites is 1. The first-order chi connectivity index (χ1) is 13.2. The average Bonchev–Trinajstić information content (AvgIpc) is 2.73. The Morgan fingerprint density at radius 3 is 2.41 bits per heavy atom. The van der Waals surface area contributed by atoms with Gasteiger partial charge >= 0.3 is 5.97 Å². The Hall–Kier alpha value is -3.47. The number of pyridine rings is 1. The molecule has 5 nitrogen and oxygen atoms in total. The smallest absolute Gasteiger partial charge is 0.337 e. The predicted molar refractivity (Wildman–Crippen MR) is 104 cm³/mol. The van der Waals surface area contributed by atoms with Crippen molar-refractivity contribution in [3.05, 3.63) is 89.6 Å². The van der Waals surface area contributed by atoms with Gasteiger partial charge in [-0.3, -0.25) is 4.79 Å². The van der Waals surface area contributed by atoms with Crippen LogP contribution in [-0.4, -0.2) is 23.8 Å². The number of rotatable bonds is 7. The maximum absolute atomic E-state index is 12.7. The van der Waals surface area contributed by atoms with Gasteiger partial charge in [-0.15, -0.1) is 0 Å². The highest BCUT2D eigenvalue weighted by molar-refractivity contribution is 6.01. The van der Waals surface area contributed by atoms with Crippen LogP contribution in [0.1, 0.15) is 32.7 Å². The molecule has 0 spiro atoms. The molecule has 1 heterocycles. The second-order valence-corrected chi connectivity index (χ2v) is 6.00. The molecule has 2 aromatic carbocycles. The molecule has 0 saturated carbocycles. The van der Waals surface area contributed by atoms with Crippen LogP contribution < -0.4 is 5.32 Å². The van der Waals surface area contributed by atoms with E-state index in [1.54, 1.807) is 30.5 Å². The number of nitrogens with zero attached hydrogens (tertiary/aromatic N) is 1. The number of esters is 1. The number of ether oxygens (including phenoxy) is 1. The van der Waals surface area contributed by atoms with Crippen LogP contribution in [0.5, 0.6) is 0 Å². The summed E-state index contributed by atoms with van der Waals surface area (Å²) in [6, 6.07) is 20.2. The Morgan fingerprint density at radius 2 is 1.70 bits per heavy atom. The molecule has 1 aromatic heterocycles. The lowest BCUT2D eigenvalue weighted by atomic mass is 10.0.